The van der Waals surface area contributed by atoms with Gasteiger partial charge in [0, 0.05) is 12.5 Å². The molecule has 1 atom stereocenters. The average molecular weight is 175 g/mol. The van der Waals surface area contributed by atoms with E-state index in [2.05, 4.69) is 0 Å². The Morgan fingerprint density at radius 2 is 2.33 bits per heavy atom. The Morgan fingerprint density at radius 1 is 1.67 bits per heavy atom. The summed E-state index contributed by atoms with van der Waals surface area (Å²) in [5, 5.41) is 10.4. The van der Waals surface area contributed by atoms with Crippen LogP contribution in [-0.4, -0.2) is 22.8 Å². The molecule has 0 aromatic rings. The summed E-state index contributed by atoms with van der Waals surface area (Å²) < 4.78 is 0. The van der Waals surface area contributed by atoms with E-state index in [0.29, 0.717) is 12.8 Å². The molecule has 1 amide bonds. The number of aliphatic carboxylic acids is 1. The van der Waals surface area contributed by atoms with Crippen molar-refractivity contribution in [3.05, 3.63) is 11.8 Å². The van der Waals surface area contributed by atoms with Crippen LogP contribution >= 0.6 is 0 Å². The third kappa shape index (κ3) is 1.20. The van der Waals surface area contributed by atoms with Crippen LogP contribution in [0.1, 0.15) is 12.8 Å². The summed E-state index contributed by atoms with van der Waals surface area (Å²) in [4.78, 5) is 22.5. The Kier molecular flexibility index (Phi) is 2.61. The molecule has 58 valence electrons. The number of hydrogen-bond acceptors (Lipinski definition) is 3. The molecule has 0 saturated carbocycles. The normalized spacial score (nSPS) is 25.3. The number of amides is 1. The van der Waals surface area contributed by atoms with Crippen molar-refractivity contribution in [3.63, 3.8) is 0 Å². The maximum atomic E-state index is 10.8. The molecule has 2 heterocycles. The quantitative estimate of drug-likeness (QED) is 0.299. The molecule has 1 saturated heterocycles. The topological polar surface area (TPSA) is 60.4 Å². The van der Waals surface area contributed by atoms with Crippen LogP contribution in [0, 0.1) is 0 Å². The third-order valence-corrected chi connectivity index (χ3v) is 2.10. The molecule has 0 N–H and O–H groups in total. The first-order valence-corrected chi connectivity index (χ1v) is 3.43. The van der Waals surface area contributed by atoms with Crippen molar-refractivity contribution < 1.29 is 44.3 Å². The van der Waals surface area contributed by atoms with Crippen LogP contribution in [0.25, 0.3) is 0 Å². The van der Waals surface area contributed by atoms with E-state index >= 15 is 0 Å². The number of carbonyl (C=O) groups excluding carboxylic acids is 2. The first kappa shape index (κ1) is 9.77. The van der Waals surface area contributed by atoms with Gasteiger partial charge in [0.25, 0.3) is 0 Å². The fourth-order valence-electron chi connectivity index (χ4n) is 1.53. The van der Waals surface area contributed by atoms with Gasteiger partial charge in [0.15, 0.2) is 0 Å². The van der Waals surface area contributed by atoms with Gasteiger partial charge in [-0.05, 0) is 6.42 Å². The van der Waals surface area contributed by atoms with Gasteiger partial charge in [0.1, 0.15) is 0 Å². The largest absolute Gasteiger partial charge is 1.00 e. The number of hydrogen-bond donors (Lipinski definition) is 0. The van der Waals surface area contributed by atoms with Crippen LogP contribution < -0.4 is 34.7 Å². The second-order valence-corrected chi connectivity index (χ2v) is 2.73. The van der Waals surface area contributed by atoms with Gasteiger partial charge in [-0.3, -0.25) is 4.79 Å². The van der Waals surface area contributed by atoms with Crippen molar-refractivity contribution in [1.82, 2.24) is 4.90 Å². The van der Waals surface area contributed by atoms with E-state index in [-0.39, 0.29) is 47.2 Å². The standard InChI is InChI=1S/C7H7NO3.Na/c9-6-3-4-1-2-5(7(10)11)8(4)6;/h2,4H,1,3H2,(H,10,11);/q;+1/p-1/t4-;/m1./s1. The van der Waals surface area contributed by atoms with E-state index in [1.807, 2.05) is 0 Å². The molecule has 2 aliphatic heterocycles. The van der Waals surface area contributed by atoms with Gasteiger partial charge in [-0.15, -0.1) is 0 Å². The van der Waals surface area contributed by atoms with Crippen LogP contribution in [-0.2, 0) is 9.59 Å². The number of fused-ring (bicyclic) bond motifs is 1. The molecule has 2 aliphatic rings. The molecule has 0 spiro atoms. The predicted molar refractivity (Wildman–Crippen MR) is 33.0 cm³/mol. The van der Waals surface area contributed by atoms with E-state index in [1.165, 1.54) is 4.90 Å². The molecule has 0 aromatic heterocycles. The molecule has 4 nitrogen and oxygen atoms in total. The van der Waals surface area contributed by atoms with E-state index in [1.54, 1.807) is 6.08 Å². The van der Waals surface area contributed by atoms with Crippen LogP contribution in [0.15, 0.2) is 11.8 Å². The predicted octanol–water partition coefficient (Wildman–Crippen LogP) is -4.37. The summed E-state index contributed by atoms with van der Waals surface area (Å²) >= 11 is 0. The zero-order valence-electron chi connectivity index (χ0n) is 6.74. The Bertz CT molecular complexity index is 274. The third-order valence-electron chi connectivity index (χ3n) is 2.10. The molecular formula is C7H6NNaO3. The zero-order chi connectivity index (χ0) is 8.01. The molecule has 0 unspecified atom stereocenters. The Labute approximate surface area is 91.5 Å². The summed E-state index contributed by atoms with van der Waals surface area (Å²) in [5.74, 6) is -1.36. The number of rotatable bonds is 1. The second kappa shape index (κ2) is 3.20. The van der Waals surface area contributed by atoms with E-state index < -0.39 is 5.97 Å². The summed E-state index contributed by atoms with van der Waals surface area (Å²) in [6.45, 7) is 0. The Hall–Kier alpha value is -0.320. The molecule has 0 aliphatic carbocycles. The number of carbonyl (C=O) groups is 2. The zero-order valence-corrected chi connectivity index (χ0v) is 8.74. The first-order valence-electron chi connectivity index (χ1n) is 3.43. The van der Waals surface area contributed by atoms with E-state index in [4.69, 9.17) is 0 Å². The van der Waals surface area contributed by atoms with Gasteiger partial charge >= 0.3 is 29.6 Å². The van der Waals surface area contributed by atoms with Gasteiger partial charge in [0.2, 0.25) is 5.91 Å². The molecule has 5 heteroatoms. The number of nitrogens with zero attached hydrogens (tertiary/aromatic N) is 1. The minimum absolute atomic E-state index is 0. The monoisotopic (exact) mass is 175 g/mol. The van der Waals surface area contributed by atoms with Crippen molar-refractivity contribution in [3.8, 4) is 0 Å². The van der Waals surface area contributed by atoms with Crippen LogP contribution in [0.4, 0.5) is 0 Å². The van der Waals surface area contributed by atoms with Gasteiger partial charge in [0.05, 0.1) is 11.7 Å². The Balaban J connectivity index is 0.000000720. The number of carboxylic acid groups (broad SMARTS) is 1. The van der Waals surface area contributed by atoms with Gasteiger partial charge in [-0.2, -0.15) is 0 Å². The maximum absolute atomic E-state index is 10.8. The SMILES string of the molecule is O=C([O-])C1=CC[C@@H]2CC(=O)N12.[Na+]. The summed E-state index contributed by atoms with van der Waals surface area (Å²) in [6.07, 6.45) is 2.69. The minimum atomic E-state index is -1.25. The molecule has 0 radical (unpaired) electrons. The van der Waals surface area contributed by atoms with Crippen molar-refractivity contribution in [2.75, 3.05) is 0 Å². The van der Waals surface area contributed by atoms with Gasteiger partial charge < -0.3 is 14.8 Å². The van der Waals surface area contributed by atoms with Crippen LogP contribution in [0.3, 0.4) is 0 Å². The van der Waals surface area contributed by atoms with Crippen molar-refractivity contribution in [1.29, 1.82) is 0 Å². The van der Waals surface area contributed by atoms with Gasteiger partial charge in [-0.25, -0.2) is 0 Å². The minimum Gasteiger partial charge on any atom is -0.543 e. The summed E-state index contributed by atoms with van der Waals surface area (Å²) in [5.41, 5.74) is 0.0475. The molecular weight excluding hydrogens is 169 g/mol. The second-order valence-electron chi connectivity index (χ2n) is 2.73. The first-order chi connectivity index (χ1) is 5.20. The van der Waals surface area contributed by atoms with Gasteiger partial charge in [-0.1, -0.05) is 6.08 Å². The van der Waals surface area contributed by atoms with Crippen molar-refractivity contribution in [2.24, 2.45) is 0 Å². The van der Waals surface area contributed by atoms with Crippen molar-refractivity contribution >= 4 is 11.9 Å². The summed E-state index contributed by atoms with van der Waals surface area (Å²) in [6, 6.07) is 0.107. The molecule has 2 rings (SSSR count). The molecule has 1 fully saturated rings. The fraction of sp³-hybridized carbons (Fsp3) is 0.429. The number of carboxylic acids is 1. The maximum Gasteiger partial charge on any atom is 1.00 e. The van der Waals surface area contributed by atoms with E-state index in [9.17, 15) is 14.7 Å². The summed E-state index contributed by atoms with van der Waals surface area (Å²) in [7, 11) is 0. The van der Waals surface area contributed by atoms with Crippen molar-refractivity contribution in [2.45, 2.75) is 18.9 Å². The smallest absolute Gasteiger partial charge is 0.543 e. The molecule has 12 heavy (non-hydrogen) atoms. The van der Waals surface area contributed by atoms with Crippen LogP contribution in [0.5, 0.6) is 0 Å². The molecule has 0 bridgehead atoms. The Morgan fingerprint density at radius 3 is 2.75 bits per heavy atom. The van der Waals surface area contributed by atoms with Crippen LogP contribution in [0.2, 0.25) is 0 Å². The number of β-lactam (4-membered cyclic amide) rings is 1. The molecule has 0 aromatic carbocycles. The van der Waals surface area contributed by atoms with E-state index in [0.717, 1.165) is 0 Å². The fourth-order valence-corrected chi connectivity index (χ4v) is 1.53. The average Bonchev–Trinajstić information content (AvgIpc) is 2.25.